The molecule has 0 N–H and O–H groups in total. The first-order chi connectivity index (χ1) is 18.0. The summed E-state index contributed by atoms with van der Waals surface area (Å²) in [7, 11) is 0. The number of aryl methyl sites for hydroxylation is 2. The summed E-state index contributed by atoms with van der Waals surface area (Å²) >= 11 is 0. The number of carbonyl (C=O) groups is 2. The molecule has 0 bridgehead atoms. The van der Waals surface area contributed by atoms with Gasteiger partial charge in [0.25, 0.3) is 5.82 Å². The highest BCUT2D eigenvalue weighted by atomic mass is 16.5. The van der Waals surface area contributed by atoms with Crippen molar-refractivity contribution in [3.8, 4) is 28.2 Å². The zero-order valence-corrected chi connectivity index (χ0v) is 20.6. The fourth-order valence-electron chi connectivity index (χ4n) is 4.02. The van der Waals surface area contributed by atoms with E-state index in [-0.39, 0.29) is 11.6 Å². The summed E-state index contributed by atoms with van der Waals surface area (Å²) < 4.78 is 6.96. The normalized spacial score (nSPS) is 10.8. The topological polar surface area (TPSA) is 74.1 Å². The molecule has 5 rings (SSSR count). The summed E-state index contributed by atoms with van der Waals surface area (Å²) in [6, 6.07) is 32.7. The molecule has 0 aliphatic heterocycles. The SMILES string of the molecule is Cc1ccc(-c2nc(C(=O)OCC(=O)c3ccc(-c4ccccc4)cc3)nn2-c2ccccc2C)cc1. The molecule has 6 nitrogen and oxygen atoms in total. The van der Waals surface area contributed by atoms with Crippen LogP contribution in [0.3, 0.4) is 0 Å². The van der Waals surface area contributed by atoms with E-state index in [0.717, 1.165) is 33.5 Å². The van der Waals surface area contributed by atoms with Gasteiger partial charge in [-0.3, -0.25) is 4.79 Å². The van der Waals surface area contributed by atoms with E-state index in [1.165, 1.54) is 0 Å². The Labute approximate surface area is 215 Å². The predicted octanol–water partition coefficient (Wildman–Crippen LogP) is 6.26. The molecule has 37 heavy (non-hydrogen) atoms. The lowest BCUT2D eigenvalue weighted by atomic mass is 10.0. The number of Topliss-reactive ketones (excluding diaryl/α,β-unsaturated/α-hetero) is 1. The van der Waals surface area contributed by atoms with E-state index in [0.29, 0.717) is 11.4 Å². The van der Waals surface area contributed by atoms with Gasteiger partial charge < -0.3 is 4.74 Å². The number of nitrogens with zero attached hydrogens (tertiary/aromatic N) is 3. The molecular formula is C31H25N3O3. The van der Waals surface area contributed by atoms with Gasteiger partial charge in [-0.05, 0) is 36.6 Å². The minimum atomic E-state index is -0.755. The maximum atomic E-state index is 12.9. The molecule has 1 heterocycles. The fraction of sp³-hybridized carbons (Fsp3) is 0.0968. The predicted molar refractivity (Wildman–Crippen MR) is 143 cm³/mol. The maximum absolute atomic E-state index is 12.9. The van der Waals surface area contributed by atoms with Crippen LogP contribution in [0.4, 0.5) is 0 Å². The van der Waals surface area contributed by atoms with Crippen LogP contribution in [0.1, 0.15) is 32.1 Å². The van der Waals surface area contributed by atoms with Crippen LogP contribution >= 0.6 is 0 Å². The third-order valence-electron chi connectivity index (χ3n) is 6.09. The number of rotatable bonds is 7. The summed E-state index contributed by atoms with van der Waals surface area (Å²) in [6.45, 7) is 3.57. The number of ketones is 1. The number of aromatic nitrogens is 3. The summed E-state index contributed by atoms with van der Waals surface area (Å²) in [4.78, 5) is 30.1. The third-order valence-corrected chi connectivity index (χ3v) is 6.09. The lowest BCUT2D eigenvalue weighted by Crippen LogP contribution is -2.15. The second-order valence-corrected chi connectivity index (χ2v) is 8.77. The Morgan fingerprint density at radius 2 is 1.35 bits per heavy atom. The molecule has 0 atom stereocenters. The van der Waals surface area contributed by atoms with Crippen LogP contribution in [0.2, 0.25) is 0 Å². The molecule has 182 valence electrons. The Morgan fingerprint density at radius 3 is 2.05 bits per heavy atom. The van der Waals surface area contributed by atoms with E-state index in [1.807, 2.05) is 105 Å². The van der Waals surface area contributed by atoms with Gasteiger partial charge in [0.2, 0.25) is 0 Å². The van der Waals surface area contributed by atoms with E-state index < -0.39 is 12.6 Å². The first-order valence-corrected chi connectivity index (χ1v) is 12.0. The molecule has 6 heteroatoms. The van der Waals surface area contributed by atoms with Crippen molar-refractivity contribution in [3.05, 3.63) is 126 Å². The fourth-order valence-corrected chi connectivity index (χ4v) is 4.02. The average molecular weight is 488 g/mol. The van der Waals surface area contributed by atoms with Gasteiger partial charge in [-0.25, -0.2) is 14.5 Å². The average Bonchev–Trinajstić information content (AvgIpc) is 3.38. The molecule has 0 amide bonds. The summed E-state index contributed by atoms with van der Waals surface area (Å²) in [5.41, 5.74) is 6.24. The monoisotopic (exact) mass is 487 g/mol. The van der Waals surface area contributed by atoms with Gasteiger partial charge in [0.15, 0.2) is 18.2 Å². The Bertz CT molecular complexity index is 1550. The number of hydrogen-bond acceptors (Lipinski definition) is 5. The van der Waals surface area contributed by atoms with Gasteiger partial charge in [-0.1, -0.05) is 103 Å². The largest absolute Gasteiger partial charge is 0.451 e. The van der Waals surface area contributed by atoms with Crippen molar-refractivity contribution in [2.45, 2.75) is 13.8 Å². The van der Waals surface area contributed by atoms with Crippen LogP contribution in [0, 0.1) is 13.8 Å². The summed E-state index contributed by atoms with van der Waals surface area (Å²) in [6.07, 6.45) is 0. The van der Waals surface area contributed by atoms with Crippen LogP contribution < -0.4 is 0 Å². The molecule has 0 radical (unpaired) electrons. The van der Waals surface area contributed by atoms with Gasteiger partial charge in [-0.2, -0.15) is 0 Å². The number of hydrogen-bond donors (Lipinski definition) is 0. The van der Waals surface area contributed by atoms with E-state index in [1.54, 1.807) is 16.8 Å². The van der Waals surface area contributed by atoms with Crippen LogP contribution in [0.15, 0.2) is 103 Å². The molecule has 1 aromatic heterocycles. The van der Waals surface area contributed by atoms with Crippen molar-refractivity contribution >= 4 is 11.8 Å². The molecule has 0 saturated heterocycles. The van der Waals surface area contributed by atoms with Crippen molar-refractivity contribution in [2.75, 3.05) is 6.61 Å². The first kappa shape index (κ1) is 23.9. The standard InChI is InChI=1S/C31H25N3O3/c1-21-12-14-26(15-13-21)30-32-29(33-34(30)27-11-7-6-8-22(27)2)31(36)37-20-28(35)25-18-16-24(17-19-25)23-9-4-3-5-10-23/h3-19H,20H2,1-2H3. The molecule has 0 spiro atoms. The van der Waals surface area contributed by atoms with Gasteiger partial charge in [0, 0.05) is 11.1 Å². The number of carbonyl (C=O) groups excluding carboxylic acids is 2. The van der Waals surface area contributed by atoms with Crippen LogP contribution in [0.5, 0.6) is 0 Å². The first-order valence-electron chi connectivity index (χ1n) is 12.0. The van der Waals surface area contributed by atoms with Crippen LogP contribution in [0.25, 0.3) is 28.2 Å². The molecule has 0 aliphatic rings. The Kier molecular flexibility index (Phi) is 6.72. The minimum absolute atomic E-state index is 0.106. The zero-order valence-electron chi connectivity index (χ0n) is 20.6. The van der Waals surface area contributed by atoms with Crippen molar-refractivity contribution in [1.29, 1.82) is 0 Å². The molecule has 0 fully saturated rings. The lowest BCUT2D eigenvalue weighted by Gasteiger charge is -2.08. The highest BCUT2D eigenvalue weighted by Gasteiger charge is 2.22. The summed E-state index contributed by atoms with van der Waals surface area (Å²) in [5.74, 6) is -0.643. The minimum Gasteiger partial charge on any atom is -0.451 e. The number of benzene rings is 4. The van der Waals surface area contributed by atoms with Crippen LogP contribution in [-0.2, 0) is 4.74 Å². The third kappa shape index (κ3) is 5.23. The van der Waals surface area contributed by atoms with Crippen molar-refractivity contribution < 1.29 is 14.3 Å². The molecule has 0 saturated carbocycles. The molecule has 4 aromatic carbocycles. The number of ether oxygens (including phenoxy) is 1. The highest BCUT2D eigenvalue weighted by molar-refractivity contribution is 5.99. The molecule has 0 unspecified atom stereocenters. The Balaban J connectivity index is 1.35. The zero-order chi connectivity index (χ0) is 25.8. The van der Waals surface area contributed by atoms with Gasteiger partial charge in [-0.15, -0.1) is 5.10 Å². The van der Waals surface area contributed by atoms with E-state index in [4.69, 9.17) is 4.74 Å². The highest BCUT2D eigenvalue weighted by Crippen LogP contribution is 2.24. The van der Waals surface area contributed by atoms with E-state index in [2.05, 4.69) is 10.1 Å². The molecular weight excluding hydrogens is 462 g/mol. The van der Waals surface area contributed by atoms with Gasteiger partial charge in [0.1, 0.15) is 0 Å². The number of esters is 1. The van der Waals surface area contributed by atoms with Crippen molar-refractivity contribution in [1.82, 2.24) is 14.8 Å². The van der Waals surface area contributed by atoms with Crippen LogP contribution in [-0.4, -0.2) is 33.1 Å². The van der Waals surface area contributed by atoms with E-state index >= 15 is 0 Å². The number of para-hydroxylation sites is 1. The second-order valence-electron chi connectivity index (χ2n) is 8.77. The van der Waals surface area contributed by atoms with Gasteiger partial charge in [0.05, 0.1) is 5.69 Å². The maximum Gasteiger partial charge on any atom is 0.378 e. The lowest BCUT2D eigenvalue weighted by molar-refractivity contribution is 0.0462. The second kappa shape index (κ2) is 10.4. The van der Waals surface area contributed by atoms with E-state index in [9.17, 15) is 9.59 Å². The quantitative estimate of drug-likeness (QED) is 0.200. The molecule has 5 aromatic rings. The Hall–Kier alpha value is -4.84. The molecule has 0 aliphatic carbocycles. The van der Waals surface area contributed by atoms with Gasteiger partial charge >= 0.3 is 5.97 Å². The summed E-state index contributed by atoms with van der Waals surface area (Å²) in [5, 5.41) is 4.46. The van der Waals surface area contributed by atoms with Crippen molar-refractivity contribution in [2.24, 2.45) is 0 Å². The van der Waals surface area contributed by atoms with Crippen molar-refractivity contribution in [3.63, 3.8) is 0 Å². The Morgan fingerprint density at radius 1 is 0.730 bits per heavy atom. The smallest absolute Gasteiger partial charge is 0.378 e.